The van der Waals surface area contributed by atoms with Gasteiger partial charge in [0.05, 0.1) is 11.0 Å². The van der Waals surface area contributed by atoms with Gasteiger partial charge in [0, 0.05) is 44.3 Å². The largest absolute Gasteiger partial charge is 0.456 e. The molecule has 55 heavy (non-hydrogen) atoms. The van der Waals surface area contributed by atoms with Crippen molar-refractivity contribution in [2.24, 2.45) is 0 Å². The Bertz CT molecular complexity index is 3180. The van der Waals surface area contributed by atoms with Crippen molar-refractivity contribution < 1.29 is 4.42 Å². The van der Waals surface area contributed by atoms with Gasteiger partial charge in [-0.1, -0.05) is 127 Å². The molecule has 0 bridgehead atoms. The first-order valence-corrected chi connectivity index (χ1v) is 18.8. The van der Waals surface area contributed by atoms with Crippen LogP contribution < -0.4 is 4.90 Å². The van der Waals surface area contributed by atoms with Crippen molar-refractivity contribution >= 4 is 71.6 Å². The Morgan fingerprint density at radius 2 is 0.964 bits per heavy atom. The summed E-state index contributed by atoms with van der Waals surface area (Å²) >= 11 is 0. The van der Waals surface area contributed by atoms with Crippen molar-refractivity contribution in [2.75, 3.05) is 4.90 Å². The molecular formula is C52H34N2O. The minimum Gasteiger partial charge on any atom is -0.456 e. The quantitative estimate of drug-likeness (QED) is 0.172. The maximum atomic E-state index is 6.43. The van der Waals surface area contributed by atoms with E-state index in [1.54, 1.807) is 0 Å². The zero-order chi connectivity index (χ0) is 36.3. The molecule has 0 atom stereocenters. The normalized spacial score (nSPS) is 11.6. The minimum absolute atomic E-state index is 0.898. The van der Waals surface area contributed by atoms with Crippen LogP contribution in [0.1, 0.15) is 0 Å². The monoisotopic (exact) mass is 702 g/mol. The Morgan fingerprint density at radius 1 is 0.364 bits per heavy atom. The molecule has 9 aromatic carbocycles. The molecule has 0 spiro atoms. The highest BCUT2D eigenvalue weighted by Gasteiger charge is 2.19. The number of anilines is 3. The smallest absolute Gasteiger partial charge is 0.136 e. The van der Waals surface area contributed by atoms with E-state index < -0.39 is 0 Å². The molecule has 0 aliphatic heterocycles. The summed E-state index contributed by atoms with van der Waals surface area (Å²) in [4.78, 5) is 2.37. The van der Waals surface area contributed by atoms with Crippen LogP contribution in [0.4, 0.5) is 17.1 Å². The van der Waals surface area contributed by atoms with Crippen LogP contribution >= 0.6 is 0 Å². The highest BCUT2D eigenvalue weighted by atomic mass is 16.3. The first kappa shape index (κ1) is 31.2. The number of rotatable bonds is 6. The molecule has 0 aliphatic carbocycles. The van der Waals surface area contributed by atoms with Gasteiger partial charge in [-0.05, 0) is 112 Å². The van der Waals surface area contributed by atoms with Gasteiger partial charge in [-0.15, -0.1) is 0 Å². The van der Waals surface area contributed by atoms with Gasteiger partial charge in [0.15, 0.2) is 0 Å². The second kappa shape index (κ2) is 12.6. The molecule has 0 saturated heterocycles. The van der Waals surface area contributed by atoms with Gasteiger partial charge in [0.2, 0.25) is 0 Å². The average molecular weight is 703 g/mol. The molecule has 0 aliphatic rings. The Balaban J connectivity index is 1.06. The van der Waals surface area contributed by atoms with E-state index in [1.165, 1.54) is 43.7 Å². The van der Waals surface area contributed by atoms with E-state index in [9.17, 15) is 0 Å². The first-order chi connectivity index (χ1) is 27.3. The molecule has 3 heteroatoms. The lowest BCUT2D eigenvalue weighted by atomic mass is 9.98. The molecule has 0 radical (unpaired) electrons. The maximum absolute atomic E-state index is 6.43. The Labute approximate surface area is 318 Å². The van der Waals surface area contributed by atoms with Crippen molar-refractivity contribution in [1.82, 2.24) is 4.57 Å². The molecule has 258 valence electrons. The lowest BCUT2D eigenvalue weighted by molar-refractivity contribution is 0.669. The summed E-state index contributed by atoms with van der Waals surface area (Å²) in [6.45, 7) is 0. The summed E-state index contributed by atoms with van der Waals surface area (Å²) in [5, 5.41) is 7.11. The van der Waals surface area contributed by atoms with E-state index in [4.69, 9.17) is 4.42 Å². The van der Waals surface area contributed by atoms with Crippen molar-refractivity contribution in [3.05, 3.63) is 206 Å². The summed E-state index contributed by atoms with van der Waals surface area (Å²) in [6, 6.07) is 73.9. The molecule has 0 amide bonds. The zero-order valence-corrected chi connectivity index (χ0v) is 29.9. The van der Waals surface area contributed by atoms with Crippen LogP contribution in [0.5, 0.6) is 0 Å². The molecule has 0 N–H and O–H groups in total. The number of hydrogen-bond acceptors (Lipinski definition) is 2. The molecule has 0 fully saturated rings. The fraction of sp³-hybridized carbons (Fsp3) is 0. The standard InChI is InChI=1S/C52H34N2O/c1-3-12-35(13-4-1)36-22-26-41(27-23-36)53(43-30-31-49-46(34-43)45-18-9-10-20-48(45)54(49)40-16-5-2-6-17-40)42-28-24-37(25-29-42)44-19-11-21-50-52(44)47-32-38-14-7-8-15-39(38)33-51(47)55-50/h1-34H. The summed E-state index contributed by atoms with van der Waals surface area (Å²) in [5.41, 5.74) is 13.3. The van der Waals surface area contributed by atoms with Crippen LogP contribution in [0.15, 0.2) is 211 Å². The van der Waals surface area contributed by atoms with E-state index in [-0.39, 0.29) is 0 Å². The van der Waals surface area contributed by atoms with E-state index in [1.807, 2.05) is 0 Å². The Morgan fingerprint density at radius 3 is 1.73 bits per heavy atom. The SMILES string of the molecule is c1ccc(-c2ccc(N(c3ccc(-c4cccc5oc6cc7ccccc7cc6c45)cc3)c3ccc4c(c3)c3ccccc3n4-c3ccccc3)cc2)cc1. The number of para-hydroxylation sites is 2. The van der Waals surface area contributed by atoms with Gasteiger partial charge in [-0.3, -0.25) is 0 Å². The van der Waals surface area contributed by atoms with Crippen molar-refractivity contribution in [3.8, 4) is 27.9 Å². The maximum Gasteiger partial charge on any atom is 0.136 e. The first-order valence-electron chi connectivity index (χ1n) is 18.8. The second-order valence-electron chi connectivity index (χ2n) is 14.2. The number of fused-ring (bicyclic) bond motifs is 7. The number of benzene rings is 9. The zero-order valence-electron chi connectivity index (χ0n) is 29.9. The molecule has 2 aromatic heterocycles. The molecule has 11 rings (SSSR count). The highest BCUT2D eigenvalue weighted by Crippen LogP contribution is 2.42. The summed E-state index contributed by atoms with van der Waals surface area (Å²) < 4.78 is 8.79. The summed E-state index contributed by atoms with van der Waals surface area (Å²) in [6.07, 6.45) is 0. The van der Waals surface area contributed by atoms with Gasteiger partial charge in [0.25, 0.3) is 0 Å². The molecular weight excluding hydrogens is 669 g/mol. The molecule has 3 nitrogen and oxygen atoms in total. The van der Waals surface area contributed by atoms with E-state index in [0.717, 1.165) is 55.8 Å². The predicted octanol–water partition coefficient (Wildman–Crippen LogP) is 14.6. The van der Waals surface area contributed by atoms with E-state index >= 15 is 0 Å². The van der Waals surface area contributed by atoms with Gasteiger partial charge < -0.3 is 13.9 Å². The third-order valence-corrected chi connectivity index (χ3v) is 11.0. The number of nitrogens with zero attached hydrogens (tertiary/aromatic N) is 2. The van der Waals surface area contributed by atoms with Gasteiger partial charge in [-0.2, -0.15) is 0 Å². The summed E-state index contributed by atoms with van der Waals surface area (Å²) in [7, 11) is 0. The van der Waals surface area contributed by atoms with Crippen LogP contribution in [0, 0.1) is 0 Å². The Hall–Kier alpha value is -7.36. The van der Waals surface area contributed by atoms with Gasteiger partial charge in [-0.25, -0.2) is 0 Å². The fourth-order valence-corrected chi connectivity index (χ4v) is 8.38. The second-order valence-corrected chi connectivity index (χ2v) is 14.2. The van der Waals surface area contributed by atoms with Crippen LogP contribution in [0.3, 0.4) is 0 Å². The Kier molecular flexibility index (Phi) is 7.17. The molecule has 0 saturated carbocycles. The predicted molar refractivity (Wildman–Crippen MR) is 231 cm³/mol. The third-order valence-electron chi connectivity index (χ3n) is 11.0. The van der Waals surface area contributed by atoms with Crippen LogP contribution in [0.2, 0.25) is 0 Å². The van der Waals surface area contributed by atoms with Crippen LogP contribution in [-0.2, 0) is 0 Å². The number of aromatic nitrogens is 1. The van der Waals surface area contributed by atoms with Gasteiger partial charge in [0.1, 0.15) is 11.2 Å². The molecule has 11 aromatic rings. The third kappa shape index (κ3) is 5.20. The van der Waals surface area contributed by atoms with Crippen LogP contribution in [-0.4, -0.2) is 4.57 Å². The lowest BCUT2D eigenvalue weighted by Crippen LogP contribution is -2.10. The van der Waals surface area contributed by atoms with E-state index in [0.29, 0.717) is 0 Å². The van der Waals surface area contributed by atoms with Gasteiger partial charge >= 0.3 is 0 Å². The minimum atomic E-state index is 0.898. The van der Waals surface area contributed by atoms with Crippen molar-refractivity contribution in [2.45, 2.75) is 0 Å². The number of hydrogen-bond donors (Lipinski definition) is 0. The lowest BCUT2D eigenvalue weighted by Gasteiger charge is -2.26. The fourth-order valence-electron chi connectivity index (χ4n) is 8.38. The number of furan rings is 1. The van der Waals surface area contributed by atoms with Crippen LogP contribution in [0.25, 0.3) is 82.5 Å². The highest BCUT2D eigenvalue weighted by molar-refractivity contribution is 6.16. The summed E-state index contributed by atoms with van der Waals surface area (Å²) in [5.74, 6) is 0. The van der Waals surface area contributed by atoms with Crippen molar-refractivity contribution in [3.63, 3.8) is 0 Å². The molecule has 0 unspecified atom stereocenters. The molecule has 2 heterocycles. The van der Waals surface area contributed by atoms with Crippen molar-refractivity contribution in [1.29, 1.82) is 0 Å². The topological polar surface area (TPSA) is 21.3 Å². The van der Waals surface area contributed by atoms with E-state index in [2.05, 4.69) is 216 Å². The average Bonchev–Trinajstić information content (AvgIpc) is 3.79.